The molecule has 0 aliphatic carbocycles. The van der Waals surface area contributed by atoms with E-state index in [0.717, 1.165) is 5.56 Å². The minimum Gasteiger partial charge on any atom is -0.322 e. The van der Waals surface area contributed by atoms with Crippen LogP contribution < -0.4 is 5.32 Å². The number of hydrogen-bond donors (Lipinski definition) is 1. The second kappa shape index (κ2) is 6.56. The second-order valence-corrected chi connectivity index (χ2v) is 7.76. The van der Waals surface area contributed by atoms with Crippen LogP contribution in [0.4, 0.5) is 10.5 Å². The Bertz CT molecular complexity index is 834. The van der Waals surface area contributed by atoms with Gasteiger partial charge in [0.15, 0.2) is 9.84 Å². The predicted octanol–water partition coefficient (Wildman–Crippen LogP) is 0.622. The molecule has 1 saturated heterocycles. The average Bonchev–Trinajstić information content (AvgIpc) is 3.04. The number of nitrogens with zero attached hydrogens (tertiary/aromatic N) is 5. The molecule has 10 heteroatoms. The summed E-state index contributed by atoms with van der Waals surface area (Å²) in [5.74, 6) is 0.492. The van der Waals surface area contributed by atoms with Crippen molar-refractivity contribution in [1.29, 1.82) is 0 Å². The monoisotopic (exact) mass is 350 g/mol. The van der Waals surface area contributed by atoms with E-state index in [1.165, 1.54) is 9.70 Å². The zero-order valence-electron chi connectivity index (χ0n) is 13.2. The quantitative estimate of drug-likeness (QED) is 0.869. The van der Waals surface area contributed by atoms with Crippen LogP contribution in [0, 0.1) is 0 Å². The van der Waals surface area contributed by atoms with Gasteiger partial charge in [0.05, 0.1) is 18.1 Å². The number of aromatic nitrogens is 4. The van der Waals surface area contributed by atoms with Gasteiger partial charge in [-0.2, -0.15) is 4.80 Å². The summed E-state index contributed by atoms with van der Waals surface area (Å²) in [6.07, 6.45) is 0. The van der Waals surface area contributed by atoms with Crippen molar-refractivity contribution >= 4 is 21.6 Å². The van der Waals surface area contributed by atoms with Crippen LogP contribution in [-0.4, -0.2) is 64.2 Å². The second-order valence-electron chi connectivity index (χ2n) is 5.45. The van der Waals surface area contributed by atoms with Crippen LogP contribution in [0.3, 0.4) is 0 Å². The van der Waals surface area contributed by atoms with E-state index in [9.17, 15) is 13.2 Å². The maximum Gasteiger partial charge on any atom is 0.321 e. The summed E-state index contributed by atoms with van der Waals surface area (Å²) in [4.78, 5) is 15.2. The molecule has 1 aliphatic rings. The van der Waals surface area contributed by atoms with Crippen LogP contribution >= 0.6 is 0 Å². The summed E-state index contributed by atoms with van der Waals surface area (Å²) in [6.45, 7) is 2.96. The third-order valence-electron chi connectivity index (χ3n) is 3.74. The highest BCUT2D eigenvalue weighted by molar-refractivity contribution is 7.91. The van der Waals surface area contributed by atoms with Crippen molar-refractivity contribution in [3.05, 3.63) is 24.3 Å². The summed E-state index contributed by atoms with van der Waals surface area (Å²) in [5, 5.41) is 14.9. The Balaban J connectivity index is 1.69. The van der Waals surface area contributed by atoms with Crippen molar-refractivity contribution in [3.8, 4) is 11.4 Å². The summed E-state index contributed by atoms with van der Waals surface area (Å²) in [5.41, 5.74) is 1.34. The smallest absolute Gasteiger partial charge is 0.321 e. The first-order chi connectivity index (χ1) is 11.5. The number of anilines is 1. The van der Waals surface area contributed by atoms with Gasteiger partial charge in [-0.15, -0.1) is 10.2 Å². The van der Waals surface area contributed by atoms with E-state index in [4.69, 9.17) is 0 Å². The van der Waals surface area contributed by atoms with E-state index in [2.05, 4.69) is 20.7 Å². The molecule has 1 aromatic carbocycles. The molecule has 1 fully saturated rings. The van der Waals surface area contributed by atoms with E-state index in [0.29, 0.717) is 18.1 Å². The highest BCUT2D eigenvalue weighted by Crippen LogP contribution is 2.19. The number of amides is 2. The number of carbonyl (C=O) groups excluding carboxylic acids is 1. The van der Waals surface area contributed by atoms with E-state index in [1.54, 1.807) is 18.2 Å². The SMILES string of the molecule is CCn1nnc(-c2cccc(NC(=O)N3CCS(=O)(=O)CC3)c2)n1. The average molecular weight is 350 g/mol. The number of sulfone groups is 1. The standard InChI is InChI=1S/C14H18N6O3S/c1-2-20-17-13(16-18-20)11-4-3-5-12(10-11)15-14(21)19-6-8-24(22,23)9-7-19/h3-5,10H,2,6-9H2,1H3,(H,15,21). The molecule has 9 nitrogen and oxygen atoms in total. The van der Waals surface area contributed by atoms with Crippen LogP contribution in [0.5, 0.6) is 0 Å². The van der Waals surface area contributed by atoms with E-state index in [1.807, 2.05) is 13.0 Å². The zero-order chi connectivity index (χ0) is 17.2. The first-order valence-corrected chi connectivity index (χ1v) is 9.43. The molecule has 0 spiro atoms. The lowest BCUT2D eigenvalue weighted by Crippen LogP contribution is -2.45. The Morgan fingerprint density at radius 2 is 2.04 bits per heavy atom. The van der Waals surface area contributed by atoms with Gasteiger partial charge in [0.1, 0.15) is 0 Å². The lowest BCUT2D eigenvalue weighted by atomic mass is 10.2. The molecule has 2 heterocycles. The number of urea groups is 1. The van der Waals surface area contributed by atoms with Gasteiger partial charge in [0, 0.05) is 24.3 Å². The molecule has 1 N–H and O–H groups in total. The van der Waals surface area contributed by atoms with Gasteiger partial charge in [-0.25, -0.2) is 13.2 Å². The number of nitrogens with one attached hydrogen (secondary N) is 1. The number of tetrazole rings is 1. The molecule has 0 unspecified atom stereocenters. The van der Waals surface area contributed by atoms with E-state index >= 15 is 0 Å². The fourth-order valence-corrected chi connectivity index (χ4v) is 3.55. The van der Waals surface area contributed by atoms with Gasteiger partial charge < -0.3 is 10.2 Å². The molecular formula is C14H18N6O3S. The number of hydrogen-bond acceptors (Lipinski definition) is 6. The molecule has 0 radical (unpaired) electrons. The largest absolute Gasteiger partial charge is 0.322 e. The summed E-state index contributed by atoms with van der Waals surface area (Å²) < 4.78 is 22.9. The molecule has 2 amide bonds. The zero-order valence-corrected chi connectivity index (χ0v) is 14.0. The van der Waals surface area contributed by atoms with Gasteiger partial charge in [-0.1, -0.05) is 12.1 Å². The Labute approximate surface area is 139 Å². The van der Waals surface area contributed by atoms with Gasteiger partial charge in [-0.3, -0.25) is 0 Å². The highest BCUT2D eigenvalue weighted by Gasteiger charge is 2.25. The molecule has 1 aromatic heterocycles. The highest BCUT2D eigenvalue weighted by atomic mass is 32.2. The van der Waals surface area contributed by atoms with Crippen LogP contribution in [0.2, 0.25) is 0 Å². The van der Waals surface area contributed by atoms with Crippen molar-refractivity contribution in [2.45, 2.75) is 13.5 Å². The maximum absolute atomic E-state index is 12.2. The maximum atomic E-state index is 12.2. The van der Waals surface area contributed by atoms with E-state index < -0.39 is 9.84 Å². The van der Waals surface area contributed by atoms with Crippen LogP contribution in [-0.2, 0) is 16.4 Å². The topological polar surface area (TPSA) is 110 Å². The summed E-state index contributed by atoms with van der Waals surface area (Å²) >= 11 is 0. The molecule has 2 aromatic rings. The Morgan fingerprint density at radius 3 is 2.71 bits per heavy atom. The van der Waals surface area contributed by atoms with Crippen molar-refractivity contribution in [1.82, 2.24) is 25.1 Å². The third kappa shape index (κ3) is 3.70. The number of benzene rings is 1. The molecule has 3 rings (SSSR count). The fourth-order valence-electron chi connectivity index (χ4n) is 2.35. The predicted molar refractivity (Wildman–Crippen MR) is 88.2 cm³/mol. The van der Waals surface area contributed by atoms with Crippen molar-refractivity contribution in [2.24, 2.45) is 0 Å². The van der Waals surface area contributed by atoms with Gasteiger partial charge in [0.2, 0.25) is 5.82 Å². The minimum absolute atomic E-state index is 0.00447. The van der Waals surface area contributed by atoms with Crippen LogP contribution in [0.25, 0.3) is 11.4 Å². The normalized spacial score (nSPS) is 16.8. The molecule has 0 saturated carbocycles. The van der Waals surface area contributed by atoms with Crippen molar-refractivity contribution in [3.63, 3.8) is 0 Å². The molecule has 128 valence electrons. The first kappa shape index (κ1) is 16.4. The van der Waals surface area contributed by atoms with Crippen LogP contribution in [0.1, 0.15) is 6.92 Å². The van der Waals surface area contributed by atoms with E-state index in [-0.39, 0.29) is 30.6 Å². The van der Waals surface area contributed by atoms with Crippen molar-refractivity contribution < 1.29 is 13.2 Å². The molecule has 24 heavy (non-hydrogen) atoms. The minimum atomic E-state index is -3.01. The number of carbonyl (C=O) groups is 1. The lowest BCUT2D eigenvalue weighted by Gasteiger charge is -2.26. The first-order valence-electron chi connectivity index (χ1n) is 7.61. The Hall–Kier alpha value is -2.49. The van der Waals surface area contributed by atoms with Gasteiger partial charge in [0.25, 0.3) is 0 Å². The summed E-state index contributed by atoms with van der Waals surface area (Å²) in [6, 6.07) is 6.83. The van der Waals surface area contributed by atoms with Gasteiger partial charge >= 0.3 is 6.03 Å². The molecule has 0 bridgehead atoms. The number of aryl methyl sites for hydroxylation is 1. The van der Waals surface area contributed by atoms with Crippen molar-refractivity contribution in [2.75, 3.05) is 29.9 Å². The van der Waals surface area contributed by atoms with Crippen LogP contribution in [0.15, 0.2) is 24.3 Å². The lowest BCUT2D eigenvalue weighted by molar-refractivity contribution is 0.216. The Morgan fingerprint density at radius 1 is 1.29 bits per heavy atom. The Kier molecular flexibility index (Phi) is 4.47. The summed E-state index contributed by atoms with van der Waals surface area (Å²) in [7, 11) is -3.01. The van der Waals surface area contributed by atoms with Gasteiger partial charge in [-0.05, 0) is 24.3 Å². The third-order valence-corrected chi connectivity index (χ3v) is 5.35. The number of rotatable bonds is 3. The molecular weight excluding hydrogens is 332 g/mol. The molecule has 0 atom stereocenters. The molecule has 1 aliphatic heterocycles. The fraction of sp³-hybridized carbons (Fsp3) is 0.429.